The first-order valence-corrected chi connectivity index (χ1v) is 6.67. The van der Waals surface area contributed by atoms with Crippen molar-refractivity contribution in [3.63, 3.8) is 0 Å². The monoisotopic (exact) mass is 253 g/mol. The number of hydrogen-bond donors (Lipinski definition) is 1. The van der Waals surface area contributed by atoms with Crippen molar-refractivity contribution >= 4 is 11.6 Å². The lowest BCUT2D eigenvalue weighted by molar-refractivity contribution is 0.0546. The highest BCUT2D eigenvalue weighted by atomic mass is 35.5. The van der Waals surface area contributed by atoms with Crippen LogP contribution in [0.5, 0.6) is 0 Å². The van der Waals surface area contributed by atoms with Crippen LogP contribution in [0.25, 0.3) is 0 Å². The van der Waals surface area contributed by atoms with Gasteiger partial charge in [-0.3, -0.25) is 0 Å². The van der Waals surface area contributed by atoms with Crippen molar-refractivity contribution in [3.8, 4) is 0 Å². The van der Waals surface area contributed by atoms with E-state index in [9.17, 15) is 0 Å². The first-order chi connectivity index (χ1) is 8.15. The van der Waals surface area contributed by atoms with Crippen LogP contribution in [0.2, 0.25) is 5.02 Å². The lowest BCUT2D eigenvalue weighted by Gasteiger charge is -2.18. The molecular weight excluding hydrogens is 234 g/mol. The second-order valence-electron chi connectivity index (χ2n) is 4.83. The number of halogens is 1. The third-order valence-electron chi connectivity index (χ3n) is 3.34. The summed E-state index contributed by atoms with van der Waals surface area (Å²) < 4.78 is 5.78. The number of hydrogen-bond acceptors (Lipinski definition) is 2. The summed E-state index contributed by atoms with van der Waals surface area (Å²) in [5, 5.41) is 4.30. The molecule has 3 atom stereocenters. The van der Waals surface area contributed by atoms with Gasteiger partial charge in [0.15, 0.2) is 0 Å². The van der Waals surface area contributed by atoms with Gasteiger partial charge in [0.25, 0.3) is 0 Å². The lowest BCUT2D eigenvalue weighted by Crippen LogP contribution is -2.29. The van der Waals surface area contributed by atoms with Gasteiger partial charge < -0.3 is 10.1 Å². The molecule has 1 heterocycles. The van der Waals surface area contributed by atoms with Crippen LogP contribution < -0.4 is 5.32 Å². The van der Waals surface area contributed by atoms with Gasteiger partial charge in [-0.2, -0.15) is 0 Å². The standard InChI is InChI=1S/C14H20ClNO/c1-10-3-8-14(17-10)9-16-11(2)12-4-6-13(15)7-5-12/h4-7,10-11,14,16H,3,8-9H2,1-2H3. The minimum absolute atomic E-state index is 0.340. The first-order valence-electron chi connectivity index (χ1n) is 6.29. The first kappa shape index (κ1) is 12.9. The molecule has 1 saturated heterocycles. The summed E-state index contributed by atoms with van der Waals surface area (Å²) in [6.07, 6.45) is 3.15. The normalized spacial score (nSPS) is 26.1. The van der Waals surface area contributed by atoms with Gasteiger partial charge in [0.05, 0.1) is 12.2 Å². The van der Waals surface area contributed by atoms with Crippen molar-refractivity contribution in [2.45, 2.75) is 44.9 Å². The fourth-order valence-electron chi connectivity index (χ4n) is 2.21. The Bertz CT molecular complexity index is 352. The minimum atomic E-state index is 0.340. The van der Waals surface area contributed by atoms with Gasteiger partial charge in [0.1, 0.15) is 0 Å². The summed E-state index contributed by atoms with van der Waals surface area (Å²) in [5.74, 6) is 0. The van der Waals surface area contributed by atoms with Crippen LogP contribution in [0, 0.1) is 0 Å². The Kier molecular flexibility index (Phi) is 4.43. The molecule has 94 valence electrons. The third-order valence-corrected chi connectivity index (χ3v) is 3.59. The Morgan fingerprint density at radius 2 is 2.06 bits per heavy atom. The Hall–Kier alpha value is -0.570. The highest BCUT2D eigenvalue weighted by Crippen LogP contribution is 2.20. The van der Waals surface area contributed by atoms with E-state index in [2.05, 4.69) is 31.3 Å². The summed E-state index contributed by atoms with van der Waals surface area (Å²) >= 11 is 5.87. The van der Waals surface area contributed by atoms with E-state index in [0.717, 1.165) is 11.6 Å². The molecule has 1 fully saturated rings. The second kappa shape index (κ2) is 5.85. The molecule has 3 unspecified atom stereocenters. The van der Waals surface area contributed by atoms with Gasteiger partial charge in [-0.05, 0) is 44.4 Å². The van der Waals surface area contributed by atoms with Crippen LogP contribution in [0.1, 0.15) is 38.3 Å². The fraction of sp³-hybridized carbons (Fsp3) is 0.571. The molecule has 0 saturated carbocycles. The molecular formula is C14H20ClNO. The number of benzene rings is 1. The van der Waals surface area contributed by atoms with Crippen molar-refractivity contribution in [1.82, 2.24) is 5.32 Å². The summed E-state index contributed by atoms with van der Waals surface area (Å²) in [7, 11) is 0. The Morgan fingerprint density at radius 1 is 1.35 bits per heavy atom. The largest absolute Gasteiger partial charge is 0.374 e. The second-order valence-corrected chi connectivity index (χ2v) is 5.26. The zero-order chi connectivity index (χ0) is 12.3. The maximum absolute atomic E-state index is 5.87. The van der Waals surface area contributed by atoms with Crippen molar-refractivity contribution < 1.29 is 4.74 Å². The van der Waals surface area contributed by atoms with Crippen LogP contribution in [-0.4, -0.2) is 18.8 Å². The zero-order valence-corrected chi connectivity index (χ0v) is 11.2. The molecule has 1 aromatic carbocycles. The van der Waals surface area contributed by atoms with E-state index in [1.165, 1.54) is 18.4 Å². The lowest BCUT2D eigenvalue weighted by atomic mass is 10.1. The Morgan fingerprint density at radius 3 is 2.65 bits per heavy atom. The van der Waals surface area contributed by atoms with Gasteiger partial charge in [-0.25, -0.2) is 0 Å². The summed E-state index contributed by atoms with van der Waals surface area (Å²) in [6.45, 7) is 5.23. The van der Waals surface area contributed by atoms with Crippen LogP contribution >= 0.6 is 11.6 Å². The van der Waals surface area contributed by atoms with Crippen LogP contribution in [0.4, 0.5) is 0 Å². The predicted molar refractivity (Wildman–Crippen MR) is 71.4 cm³/mol. The molecule has 2 rings (SSSR count). The number of nitrogens with one attached hydrogen (secondary N) is 1. The fourth-order valence-corrected chi connectivity index (χ4v) is 2.34. The Labute approximate surface area is 108 Å². The van der Waals surface area contributed by atoms with Gasteiger partial charge >= 0.3 is 0 Å². The topological polar surface area (TPSA) is 21.3 Å². The molecule has 3 heteroatoms. The molecule has 0 aromatic heterocycles. The van der Waals surface area contributed by atoms with Crippen LogP contribution in [0.3, 0.4) is 0 Å². The van der Waals surface area contributed by atoms with E-state index in [0.29, 0.717) is 18.2 Å². The average molecular weight is 254 g/mol. The average Bonchev–Trinajstić information content (AvgIpc) is 2.73. The van der Waals surface area contributed by atoms with E-state index >= 15 is 0 Å². The summed E-state index contributed by atoms with van der Waals surface area (Å²) in [4.78, 5) is 0. The summed E-state index contributed by atoms with van der Waals surface area (Å²) in [6, 6.07) is 8.34. The van der Waals surface area contributed by atoms with Gasteiger partial charge in [0.2, 0.25) is 0 Å². The van der Waals surface area contributed by atoms with E-state index in [1.807, 2.05) is 12.1 Å². The highest BCUT2D eigenvalue weighted by molar-refractivity contribution is 6.30. The molecule has 0 spiro atoms. The van der Waals surface area contributed by atoms with Gasteiger partial charge in [-0.15, -0.1) is 0 Å². The summed E-state index contributed by atoms with van der Waals surface area (Å²) in [5.41, 5.74) is 1.26. The van der Waals surface area contributed by atoms with Crippen molar-refractivity contribution in [2.75, 3.05) is 6.54 Å². The molecule has 0 aliphatic carbocycles. The SMILES string of the molecule is CC1CCC(CNC(C)c2ccc(Cl)cc2)O1. The molecule has 1 aliphatic heterocycles. The van der Waals surface area contributed by atoms with Crippen LogP contribution in [-0.2, 0) is 4.74 Å². The minimum Gasteiger partial charge on any atom is -0.374 e. The smallest absolute Gasteiger partial charge is 0.0704 e. The van der Waals surface area contributed by atoms with Crippen molar-refractivity contribution in [3.05, 3.63) is 34.9 Å². The number of ether oxygens (including phenoxy) is 1. The van der Waals surface area contributed by atoms with E-state index < -0.39 is 0 Å². The molecule has 0 amide bonds. The zero-order valence-electron chi connectivity index (χ0n) is 10.4. The highest BCUT2D eigenvalue weighted by Gasteiger charge is 2.21. The van der Waals surface area contributed by atoms with E-state index in [1.54, 1.807) is 0 Å². The van der Waals surface area contributed by atoms with Crippen molar-refractivity contribution in [2.24, 2.45) is 0 Å². The van der Waals surface area contributed by atoms with Crippen molar-refractivity contribution in [1.29, 1.82) is 0 Å². The number of rotatable bonds is 4. The maximum atomic E-state index is 5.87. The maximum Gasteiger partial charge on any atom is 0.0704 e. The third kappa shape index (κ3) is 3.70. The van der Waals surface area contributed by atoms with E-state index in [4.69, 9.17) is 16.3 Å². The van der Waals surface area contributed by atoms with Gasteiger partial charge in [-0.1, -0.05) is 23.7 Å². The van der Waals surface area contributed by atoms with Crippen LogP contribution in [0.15, 0.2) is 24.3 Å². The van der Waals surface area contributed by atoms with E-state index in [-0.39, 0.29) is 0 Å². The molecule has 1 N–H and O–H groups in total. The molecule has 1 aromatic rings. The molecule has 2 nitrogen and oxygen atoms in total. The predicted octanol–water partition coefficient (Wildman–Crippen LogP) is 3.56. The molecule has 1 aliphatic rings. The molecule has 0 radical (unpaired) electrons. The Balaban J connectivity index is 1.81. The quantitative estimate of drug-likeness (QED) is 0.886. The molecule has 0 bridgehead atoms. The van der Waals surface area contributed by atoms with Gasteiger partial charge in [0, 0.05) is 17.6 Å². The molecule has 17 heavy (non-hydrogen) atoms.